The molecule has 0 aromatic heterocycles. The minimum Gasteiger partial charge on any atom is -0.508 e. The Labute approximate surface area is 428 Å². The molecule has 8 heteroatoms. The number of hydrogen-bond donors (Lipinski definition) is 4. The Balaban J connectivity index is 0.000000171. The molecule has 70 heavy (non-hydrogen) atoms. The Kier molecular flexibility index (Phi) is 18.9. The second-order valence-electron chi connectivity index (χ2n) is 22.0. The maximum absolute atomic E-state index is 10.3. The van der Waals surface area contributed by atoms with E-state index in [0.717, 1.165) is 65.0 Å². The van der Waals surface area contributed by atoms with Gasteiger partial charge in [-0.3, -0.25) is 0 Å². The summed E-state index contributed by atoms with van der Waals surface area (Å²) in [4.78, 5) is 0. The highest BCUT2D eigenvalue weighted by atomic mass is 16.3. The summed E-state index contributed by atoms with van der Waals surface area (Å²) in [5.74, 6) is 7.53. The van der Waals surface area contributed by atoms with Crippen molar-refractivity contribution in [3.05, 3.63) is 189 Å². The van der Waals surface area contributed by atoms with Gasteiger partial charge in [0.25, 0.3) is 0 Å². The Morgan fingerprint density at radius 3 is 1.24 bits per heavy atom. The van der Waals surface area contributed by atoms with Crippen molar-refractivity contribution in [2.24, 2.45) is 35.5 Å². The average Bonchev–Trinajstić information content (AvgIpc) is 3.28. The van der Waals surface area contributed by atoms with E-state index in [9.17, 15) is 20.4 Å². The van der Waals surface area contributed by atoms with Gasteiger partial charge in [-0.2, -0.15) is 0 Å². The number of phenolic OH excluding ortho intramolecular Hbond substituents is 4. The first-order chi connectivity index (χ1) is 31.8. The molecule has 0 heterocycles. The summed E-state index contributed by atoms with van der Waals surface area (Å²) < 4.78 is 0. The summed E-state index contributed by atoms with van der Waals surface area (Å²) in [6.45, 7) is 8.13. The number of phenols is 4. The molecule has 0 aliphatic heterocycles. The second kappa shape index (κ2) is 23.8. The van der Waals surface area contributed by atoms with Gasteiger partial charge in [-0.25, -0.2) is 0 Å². The minimum absolute atomic E-state index is 0. The molecule has 0 spiro atoms. The topological polar surface area (TPSA) is 80.9 Å². The van der Waals surface area contributed by atoms with Crippen LogP contribution in [0.3, 0.4) is 0 Å². The van der Waals surface area contributed by atoms with E-state index in [1.54, 1.807) is 12.1 Å². The van der Waals surface area contributed by atoms with Crippen molar-refractivity contribution in [2.75, 3.05) is 0 Å². The van der Waals surface area contributed by atoms with Crippen LogP contribution in [-0.4, -0.2) is 54.1 Å². The Bertz CT molecular complexity index is 2540. The van der Waals surface area contributed by atoms with Gasteiger partial charge in [-0.1, -0.05) is 120 Å². The van der Waals surface area contributed by atoms with Crippen LogP contribution in [0.4, 0.5) is 0 Å². The first kappa shape index (κ1) is 55.7. The van der Waals surface area contributed by atoms with E-state index < -0.39 is 0 Å². The molecule has 8 saturated carbocycles. The second-order valence-corrected chi connectivity index (χ2v) is 22.0. The largest absolute Gasteiger partial charge is 0.508 e. The lowest BCUT2D eigenvalue weighted by Gasteiger charge is -2.57. The fraction of sp³-hybridized carbons (Fsp3) is 0.419. The van der Waals surface area contributed by atoms with E-state index in [1.165, 1.54) is 116 Å². The Morgan fingerprint density at radius 2 is 0.771 bits per heavy atom. The molecule has 8 bridgehead atoms. The van der Waals surface area contributed by atoms with E-state index in [-0.39, 0.29) is 33.7 Å². The Hall–Kier alpha value is -5.22. The minimum atomic E-state index is 0. The lowest BCUT2D eigenvalue weighted by Crippen LogP contribution is -2.48. The average molecular weight is 925 g/mol. The van der Waals surface area contributed by atoms with Crippen LogP contribution < -0.4 is 0 Å². The molecular formula is C62H72B4O4. The number of aromatic hydroxyl groups is 4. The van der Waals surface area contributed by atoms with Gasteiger partial charge >= 0.3 is 0 Å². The maximum Gasteiger partial charge on any atom is 0.119 e. The molecule has 0 unspecified atom stereocenters. The van der Waals surface area contributed by atoms with Crippen molar-refractivity contribution in [2.45, 2.75) is 128 Å². The van der Waals surface area contributed by atoms with E-state index in [2.05, 4.69) is 49.4 Å². The predicted octanol–water partition coefficient (Wildman–Crippen LogP) is 13.4. The first-order valence-corrected chi connectivity index (χ1v) is 25.1. The van der Waals surface area contributed by atoms with Gasteiger partial charge in [0.05, 0.1) is 0 Å². The van der Waals surface area contributed by atoms with Crippen LogP contribution in [0.5, 0.6) is 23.0 Å². The van der Waals surface area contributed by atoms with Crippen LogP contribution in [0.1, 0.15) is 133 Å². The van der Waals surface area contributed by atoms with Crippen LogP contribution in [0.2, 0.25) is 0 Å². The summed E-state index contributed by atoms with van der Waals surface area (Å²) in [5, 5.41) is 39.1. The molecule has 8 aliphatic rings. The third-order valence-electron chi connectivity index (χ3n) is 16.6. The highest BCUT2D eigenvalue weighted by Crippen LogP contribution is 2.62. The van der Waals surface area contributed by atoms with Crippen molar-refractivity contribution >= 4 is 33.7 Å². The SMILES string of the molecule is Cc1cc(C23CC4CC(CC(C4)C2)C3)ccc1O.Cc1cc(Cc2ccccc2)ccc1O.Cc1ccc(O)c(C23CC4CC(CC(C4)C2)C3)c1.Cc1ccc(O)c(Cc2ccccc2)c1.[B].[B].[B].[B]. The van der Waals surface area contributed by atoms with Crippen molar-refractivity contribution in [1.82, 2.24) is 0 Å². The molecular weight excluding hydrogens is 852 g/mol. The Morgan fingerprint density at radius 1 is 0.371 bits per heavy atom. The van der Waals surface area contributed by atoms with Crippen molar-refractivity contribution in [3.8, 4) is 23.0 Å². The summed E-state index contributed by atoms with van der Waals surface area (Å²) >= 11 is 0. The number of aryl methyl sites for hydroxylation is 4. The highest BCUT2D eigenvalue weighted by Gasteiger charge is 2.53. The van der Waals surface area contributed by atoms with E-state index in [4.69, 9.17) is 0 Å². The maximum atomic E-state index is 10.3. The molecule has 0 amide bonds. The number of rotatable bonds is 6. The van der Waals surface area contributed by atoms with Gasteiger partial charge < -0.3 is 20.4 Å². The van der Waals surface area contributed by atoms with Crippen molar-refractivity contribution < 1.29 is 20.4 Å². The summed E-state index contributed by atoms with van der Waals surface area (Å²) in [7, 11) is 0. The molecule has 12 radical (unpaired) electrons. The summed E-state index contributed by atoms with van der Waals surface area (Å²) in [5.41, 5.74) is 12.7. The number of benzene rings is 6. The smallest absolute Gasteiger partial charge is 0.119 e. The van der Waals surface area contributed by atoms with Gasteiger partial charge in [-0.05, 0) is 221 Å². The molecule has 14 rings (SSSR count). The first-order valence-electron chi connectivity index (χ1n) is 25.1. The van der Waals surface area contributed by atoms with Crippen LogP contribution in [0, 0.1) is 63.2 Å². The van der Waals surface area contributed by atoms with Crippen LogP contribution >= 0.6 is 0 Å². The zero-order valence-electron chi connectivity index (χ0n) is 42.2. The van der Waals surface area contributed by atoms with Crippen LogP contribution in [0.25, 0.3) is 0 Å². The third kappa shape index (κ3) is 12.8. The monoisotopic (exact) mass is 925 g/mol. The third-order valence-corrected chi connectivity index (χ3v) is 16.6. The van der Waals surface area contributed by atoms with Gasteiger partial charge in [0.1, 0.15) is 23.0 Å². The number of hydrogen-bond acceptors (Lipinski definition) is 4. The summed E-state index contributed by atoms with van der Waals surface area (Å²) in [6, 6.07) is 44.5. The van der Waals surface area contributed by atoms with Gasteiger partial charge in [-0.15, -0.1) is 0 Å². The van der Waals surface area contributed by atoms with Gasteiger partial charge in [0, 0.05) is 45.6 Å². The molecule has 4 N–H and O–H groups in total. The summed E-state index contributed by atoms with van der Waals surface area (Å²) in [6.07, 6.45) is 18.8. The molecule has 356 valence electrons. The van der Waals surface area contributed by atoms with E-state index >= 15 is 0 Å². The van der Waals surface area contributed by atoms with Crippen molar-refractivity contribution in [3.63, 3.8) is 0 Å². The standard InChI is InChI=1S/2C17H22O.2C14H14O.4B/c1-11-4-15(2-3-16(11)18)17-8-12-5-13(9-17)7-14(6-12)10-17;1-11-2-3-16(18)15(4-11)17-8-12-5-13(9-17)7-14(6-12)10-17;1-11-9-13(7-8-14(11)15)10-12-5-3-2-4-6-12;1-11-7-8-14(15)13(9-11)10-12-5-3-2-4-6-12;;;;/h2*2-4,12-14,18H,5-10H2,1H3;2*2-9,15H,10H2,1H3;;;;. The zero-order chi connectivity index (χ0) is 46.0. The quantitative estimate of drug-likeness (QED) is 0.126. The van der Waals surface area contributed by atoms with Crippen LogP contribution in [-0.2, 0) is 23.7 Å². The fourth-order valence-electron chi connectivity index (χ4n) is 14.3. The molecule has 0 saturated heterocycles. The molecule has 6 aromatic carbocycles. The molecule has 8 aliphatic carbocycles. The molecule has 6 aromatic rings. The zero-order valence-corrected chi connectivity index (χ0v) is 42.2. The lowest BCUT2D eigenvalue weighted by molar-refractivity contribution is -0.00617. The highest BCUT2D eigenvalue weighted by molar-refractivity contribution is 5.76. The van der Waals surface area contributed by atoms with Gasteiger partial charge in [0.2, 0.25) is 0 Å². The van der Waals surface area contributed by atoms with E-state index in [0.29, 0.717) is 33.8 Å². The molecule has 0 atom stereocenters. The van der Waals surface area contributed by atoms with Crippen molar-refractivity contribution in [1.29, 1.82) is 0 Å². The van der Waals surface area contributed by atoms with Crippen LogP contribution in [0.15, 0.2) is 133 Å². The predicted molar refractivity (Wildman–Crippen MR) is 293 cm³/mol. The lowest BCUT2D eigenvalue weighted by atomic mass is 9.48. The van der Waals surface area contributed by atoms with E-state index in [1.807, 2.05) is 99.6 Å². The fourth-order valence-corrected chi connectivity index (χ4v) is 14.3. The normalized spacial score (nSPS) is 25.6. The van der Waals surface area contributed by atoms with Gasteiger partial charge in [0.15, 0.2) is 0 Å². The molecule has 4 nitrogen and oxygen atoms in total. The molecule has 8 fully saturated rings.